The molecule has 1 saturated heterocycles. The Labute approximate surface area is 123 Å². The van der Waals surface area contributed by atoms with E-state index < -0.39 is 0 Å². The van der Waals surface area contributed by atoms with Crippen molar-refractivity contribution in [3.8, 4) is 10.6 Å². The summed E-state index contributed by atoms with van der Waals surface area (Å²) in [5.74, 6) is 0.155. The van der Waals surface area contributed by atoms with E-state index in [1.165, 1.54) is 17.8 Å². The van der Waals surface area contributed by atoms with Crippen LogP contribution in [-0.2, 0) is 0 Å². The second-order valence-corrected chi connectivity index (χ2v) is 6.15. The van der Waals surface area contributed by atoms with Crippen LogP contribution in [0.4, 0.5) is 0 Å². The Bertz CT molecular complexity index is 600. The molecule has 1 aromatic heterocycles. The second-order valence-electron chi connectivity index (χ2n) is 5.15. The van der Waals surface area contributed by atoms with Crippen molar-refractivity contribution in [3.63, 3.8) is 0 Å². The first-order chi connectivity index (χ1) is 9.75. The summed E-state index contributed by atoms with van der Waals surface area (Å²) < 4.78 is 0. The first-order valence-electron chi connectivity index (χ1n) is 7.08. The zero-order valence-corrected chi connectivity index (χ0v) is 12.4. The van der Waals surface area contributed by atoms with Gasteiger partial charge in [-0.15, -0.1) is 11.3 Å². The number of aromatic nitrogens is 1. The maximum atomic E-state index is 12.6. The largest absolute Gasteiger partial charge is 0.338 e. The van der Waals surface area contributed by atoms with Crippen molar-refractivity contribution in [2.24, 2.45) is 0 Å². The number of piperidine rings is 1. The molecule has 2 heterocycles. The number of carbonyl (C=O) groups is 1. The maximum Gasteiger partial charge on any atom is 0.265 e. The molecule has 0 radical (unpaired) electrons. The van der Waals surface area contributed by atoms with E-state index >= 15 is 0 Å². The topological polar surface area (TPSA) is 33.2 Å². The first-order valence-corrected chi connectivity index (χ1v) is 7.89. The van der Waals surface area contributed by atoms with Crippen LogP contribution in [0.2, 0.25) is 0 Å². The summed E-state index contributed by atoms with van der Waals surface area (Å²) in [7, 11) is 0. The summed E-state index contributed by atoms with van der Waals surface area (Å²) in [6, 6.07) is 10.1. The third-order valence-electron chi connectivity index (χ3n) is 3.65. The Balaban J connectivity index is 1.87. The minimum Gasteiger partial charge on any atom is -0.338 e. The van der Waals surface area contributed by atoms with E-state index in [2.05, 4.69) is 4.98 Å². The van der Waals surface area contributed by atoms with Crippen LogP contribution in [0.15, 0.2) is 30.3 Å². The molecular weight excluding hydrogens is 268 g/mol. The van der Waals surface area contributed by atoms with Gasteiger partial charge in [0.2, 0.25) is 0 Å². The molecule has 1 aromatic carbocycles. The third-order valence-corrected chi connectivity index (χ3v) is 4.85. The Morgan fingerprint density at radius 1 is 1.15 bits per heavy atom. The predicted molar refractivity (Wildman–Crippen MR) is 82.0 cm³/mol. The SMILES string of the molecule is Cc1nc(-c2ccccc2)sc1C(=O)N1CCCCC1. The molecule has 0 unspecified atom stereocenters. The average molecular weight is 286 g/mol. The Morgan fingerprint density at radius 3 is 2.55 bits per heavy atom. The molecule has 1 aliphatic heterocycles. The minimum absolute atomic E-state index is 0.155. The van der Waals surface area contributed by atoms with Crippen LogP contribution in [-0.4, -0.2) is 28.9 Å². The highest BCUT2D eigenvalue weighted by molar-refractivity contribution is 7.17. The summed E-state index contributed by atoms with van der Waals surface area (Å²) in [6.07, 6.45) is 3.48. The average Bonchev–Trinajstić information content (AvgIpc) is 2.90. The summed E-state index contributed by atoms with van der Waals surface area (Å²) in [4.78, 5) is 19.9. The number of hydrogen-bond donors (Lipinski definition) is 0. The van der Waals surface area contributed by atoms with Crippen molar-refractivity contribution < 1.29 is 4.79 Å². The van der Waals surface area contributed by atoms with Crippen LogP contribution >= 0.6 is 11.3 Å². The Kier molecular flexibility index (Phi) is 3.83. The lowest BCUT2D eigenvalue weighted by Crippen LogP contribution is -2.35. The van der Waals surface area contributed by atoms with Crippen molar-refractivity contribution in [1.29, 1.82) is 0 Å². The molecule has 20 heavy (non-hydrogen) atoms. The molecule has 2 aromatic rings. The summed E-state index contributed by atoms with van der Waals surface area (Å²) in [5, 5.41) is 0.934. The van der Waals surface area contributed by atoms with Crippen LogP contribution in [0.3, 0.4) is 0 Å². The van der Waals surface area contributed by atoms with Gasteiger partial charge < -0.3 is 4.90 Å². The van der Waals surface area contributed by atoms with E-state index in [4.69, 9.17) is 0 Å². The van der Waals surface area contributed by atoms with Gasteiger partial charge in [0.15, 0.2) is 0 Å². The van der Waals surface area contributed by atoms with Gasteiger partial charge in [-0.3, -0.25) is 4.79 Å². The van der Waals surface area contributed by atoms with Gasteiger partial charge in [0, 0.05) is 18.7 Å². The van der Waals surface area contributed by atoms with Crippen molar-refractivity contribution in [1.82, 2.24) is 9.88 Å². The molecule has 0 spiro atoms. The number of amides is 1. The zero-order valence-electron chi connectivity index (χ0n) is 11.6. The Hall–Kier alpha value is -1.68. The Morgan fingerprint density at radius 2 is 1.85 bits per heavy atom. The van der Waals surface area contributed by atoms with Crippen LogP contribution < -0.4 is 0 Å². The van der Waals surface area contributed by atoms with Crippen molar-refractivity contribution in [3.05, 3.63) is 40.9 Å². The highest BCUT2D eigenvalue weighted by Crippen LogP contribution is 2.29. The fraction of sp³-hybridized carbons (Fsp3) is 0.375. The van der Waals surface area contributed by atoms with E-state index in [0.717, 1.165) is 47.1 Å². The van der Waals surface area contributed by atoms with Crippen LogP contribution in [0.1, 0.15) is 34.6 Å². The fourth-order valence-electron chi connectivity index (χ4n) is 2.54. The number of aryl methyl sites for hydroxylation is 1. The smallest absolute Gasteiger partial charge is 0.265 e. The van der Waals surface area contributed by atoms with Crippen molar-refractivity contribution in [2.75, 3.05) is 13.1 Å². The predicted octanol–water partition coefficient (Wildman–Crippen LogP) is 3.74. The molecule has 0 aliphatic carbocycles. The van der Waals surface area contributed by atoms with Crippen molar-refractivity contribution in [2.45, 2.75) is 26.2 Å². The van der Waals surface area contributed by atoms with Gasteiger partial charge in [-0.05, 0) is 26.2 Å². The zero-order chi connectivity index (χ0) is 13.9. The van der Waals surface area contributed by atoms with E-state index in [0.29, 0.717) is 0 Å². The van der Waals surface area contributed by atoms with Crippen molar-refractivity contribution >= 4 is 17.2 Å². The molecule has 1 aliphatic rings. The minimum atomic E-state index is 0.155. The lowest BCUT2D eigenvalue weighted by atomic mass is 10.1. The lowest BCUT2D eigenvalue weighted by molar-refractivity contribution is 0.0728. The molecule has 0 saturated carbocycles. The van der Waals surface area contributed by atoms with Gasteiger partial charge in [-0.1, -0.05) is 30.3 Å². The van der Waals surface area contributed by atoms with E-state index in [9.17, 15) is 4.79 Å². The van der Waals surface area contributed by atoms with Gasteiger partial charge in [-0.25, -0.2) is 4.98 Å². The molecular formula is C16H18N2OS. The number of carbonyl (C=O) groups excluding carboxylic acids is 1. The van der Waals surface area contributed by atoms with Crippen LogP contribution in [0.5, 0.6) is 0 Å². The van der Waals surface area contributed by atoms with Gasteiger partial charge in [0.05, 0.1) is 5.69 Å². The normalized spacial score (nSPS) is 15.3. The lowest BCUT2D eigenvalue weighted by Gasteiger charge is -2.26. The number of thiazole rings is 1. The number of nitrogens with zero attached hydrogens (tertiary/aromatic N) is 2. The summed E-state index contributed by atoms with van der Waals surface area (Å²) in [6.45, 7) is 3.70. The van der Waals surface area contributed by atoms with Gasteiger partial charge in [0.25, 0.3) is 5.91 Å². The van der Waals surface area contributed by atoms with Gasteiger partial charge in [0.1, 0.15) is 9.88 Å². The standard InChI is InChI=1S/C16H18N2OS/c1-12-14(16(19)18-10-6-3-7-11-18)20-15(17-12)13-8-4-2-5-9-13/h2,4-5,8-9H,3,6-7,10-11H2,1H3. The van der Waals surface area contributed by atoms with E-state index in [-0.39, 0.29) is 5.91 Å². The first kappa shape index (κ1) is 13.3. The molecule has 3 nitrogen and oxygen atoms in total. The van der Waals surface area contributed by atoms with E-state index in [1.54, 1.807) is 0 Å². The quantitative estimate of drug-likeness (QED) is 0.842. The highest BCUT2D eigenvalue weighted by Gasteiger charge is 2.23. The van der Waals surface area contributed by atoms with E-state index in [1.807, 2.05) is 42.2 Å². The summed E-state index contributed by atoms with van der Waals surface area (Å²) in [5.41, 5.74) is 1.93. The van der Waals surface area contributed by atoms with Crippen LogP contribution in [0.25, 0.3) is 10.6 Å². The molecule has 104 valence electrons. The molecule has 0 bridgehead atoms. The molecule has 1 amide bonds. The molecule has 0 atom stereocenters. The summed E-state index contributed by atoms with van der Waals surface area (Å²) >= 11 is 1.51. The molecule has 3 rings (SSSR count). The monoisotopic (exact) mass is 286 g/mol. The number of likely N-dealkylation sites (tertiary alicyclic amines) is 1. The highest BCUT2D eigenvalue weighted by atomic mass is 32.1. The maximum absolute atomic E-state index is 12.6. The molecule has 4 heteroatoms. The number of hydrogen-bond acceptors (Lipinski definition) is 3. The number of benzene rings is 1. The second kappa shape index (κ2) is 5.75. The molecule has 1 fully saturated rings. The number of rotatable bonds is 2. The van der Waals surface area contributed by atoms with Gasteiger partial charge in [-0.2, -0.15) is 0 Å². The fourth-order valence-corrected chi connectivity index (χ4v) is 3.58. The van der Waals surface area contributed by atoms with Gasteiger partial charge >= 0.3 is 0 Å². The van der Waals surface area contributed by atoms with Crippen LogP contribution in [0, 0.1) is 6.92 Å². The molecule has 0 N–H and O–H groups in total. The third kappa shape index (κ3) is 2.61.